The van der Waals surface area contributed by atoms with Crippen LogP contribution in [0, 0.1) is 0 Å². The van der Waals surface area contributed by atoms with E-state index in [1.165, 1.54) is 13.8 Å². The van der Waals surface area contributed by atoms with Gasteiger partial charge in [-0.3, -0.25) is 4.79 Å². The Kier molecular flexibility index (Phi) is 6.02. The number of benzene rings is 1. The lowest BCUT2D eigenvalue weighted by atomic mass is 10.2. The van der Waals surface area contributed by atoms with E-state index in [-0.39, 0.29) is 6.61 Å². The van der Waals surface area contributed by atoms with Gasteiger partial charge in [-0.25, -0.2) is 9.59 Å². The summed E-state index contributed by atoms with van der Waals surface area (Å²) in [5.41, 5.74) is 2.71. The van der Waals surface area contributed by atoms with Crippen LogP contribution in [0.1, 0.15) is 19.4 Å². The molecule has 0 aliphatic rings. The maximum atomic E-state index is 11.4. The minimum Gasteiger partial charge on any atom is -0.445 e. The third kappa shape index (κ3) is 5.85. The van der Waals surface area contributed by atoms with Crippen molar-refractivity contribution in [2.45, 2.75) is 26.5 Å². The molecule has 1 unspecified atom stereocenters. The third-order valence-corrected chi connectivity index (χ3v) is 2.20. The number of hydrogen-bond donors (Lipinski definition) is 2. The summed E-state index contributed by atoms with van der Waals surface area (Å²) in [5.74, 6) is -1.31. The first kappa shape index (κ1) is 15.5. The van der Waals surface area contributed by atoms with Crippen LogP contribution < -0.4 is 10.8 Å². The van der Waals surface area contributed by atoms with Gasteiger partial charge in [0.2, 0.25) is 5.91 Å². The molecule has 7 heteroatoms. The average molecular weight is 280 g/mol. The summed E-state index contributed by atoms with van der Waals surface area (Å²) in [6, 6.07) is 8.17. The van der Waals surface area contributed by atoms with E-state index in [2.05, 4.69) is 10.2 Å². The molecule has 108 valence electrons. The number of carbonyl (C=O) groups is 3. The van der Waals surface area contributed by atoms with E-state index in [9.17, 15) is 14.4 Å². The highest BCUT2D eigenvalue weighted by atomic mass is 16.7. The van der Waals surface area contributed by atoms with Crippen molar-refractivity contribution in [3.05, 3.63) is 35.9 Å². The molecule has 1 atom stereocenters. The number of amides is 2. The van der Waals surface area contributed by atoms with E-state index in [0.717, 1.165) is 5.56 Å². The summed E-state index contributed by atoms with van der Waals surface area (Å²) in [6.45, 7) is 2.70. The number of nitrogens with one attached hydrogen (secondary N) is 2. The molecule has 2 N–H and O–H groups in total. The lowest BCUT2D eigenvalue weighted by Crippen LogP contribution is -2.42. The first-order chi connectivity index (χ1) is 9.49. The van der Waals surface area contributed by atoms with Gasteiger partial charge in [0.15, 0.2) is 0 Å². The molecule has 0 saturated heterocycles. The highest BCUT2D eigenvalue weighted by Crippen LogP contribution is 2.00. The number of hydrogen-bond acceptors (Lipinski definition) is 5. The molecule has 20 heavy (non-hydrogen) atoms. The summed E-state index contributed by atoms with van der Waals surface area (Å²) in [5, 5.41) is 2.29. The maximum absolute atomic E-state index is 11.4. The molecule has 0 spiro atoms. The van der Waals surface area contributed by atoms with E-state index >= 15 is 0 Å². The van der Waals surface area contributed by atoms with Crippen LogP contribution in [0.25, 0.3) is 0 Å². The molecular formula is C13H16N2O5. The predicted molar refractivity (Wildman–Crippen MR) is 69.1 cm³/mol. The second kappa shape index (κ2) is 7.78. The van der Waals surface area contributed by atoms with Gasteiger partial charge in [0.1, 0.15) is 12.6 Å². The van der Waals surface area contributed by atoms with Gasteiger partial charge < -0.3 is 14.9 Å². The Morgan fingerprint density at radius 3 is 2.45 bits per heavy atom. The van der Waals surface area contributed by atoms with Crippen LogP contribution in [-0.2, 0) is 25.8 Å². The Balaban J connectivity index is 2.30. The number of carbonyl (C=O) groups excluding carboxylic acids is 3. The Bertz CT molecular complexity index is 475. The van der Waals surface area contributed by atoms with Crippen molar-refractivity contribution < 1.29 is 24.0 Å². The molecule has 0 aliphatic heterocycles. The zero-order valence-electron chi connectivity index (χ0n) is 11.2. The predicted octanol–water partition coefficient (Wildman–Crippen LogP) is 0.896. The summed E-state index contributed by atoms with van der Waals surface area (Å²) >= 11 is 0. The monoisotopic (exact) mass is 280 g/mol. The van der Waals surface area contributed by atoms with Gasteiger partial charge in [-0.2, -0.15) is 5.48 Å². The van der Waals surface area contributed by atoms with Gasteiger partial charge >= 0.3 is 12.1 Å². The number of rotatable bonds is 4. The molecule has 0 heterocycles. The molecule has 0 fully saturated rings. The first-order valence-electron chi connectivity index (χ1n) is 5.93. The third-order valence-electron chi connectivity index (χ3n) is 2.20. The minimum absolute atomic E-state index is 0.0974. The zero-order chi connectivity index (χ0) is 15.0. The van der Waals surface area contributed by atoms with Crippen LogP contribution in [0.15, 0.2) is 30.3 Å². The molecule has 1 rings (SSSR count). The van der Waals surface area contributed by atoms with Gasteiger partial charge in [-0.05, 0) is 12.5 Å². The largest absolute Gasteiger partial charge is 0.445 e. The van der Waals surface area contributed by atoms with Crippen molar-refractivity contribution in [3.63, 3.8) is 0 Å². The topological polar surface area (TPSA) is 93.7 Å². The van der Waals surface area contributed by atoms with Crippen LogP contribution in [0.3, 0.4) is 0 Å². The summed E-state index contributed by atoms with van der Waals surface area (Å²) in [6.07, 6.45) is -0.749. The molecule has 0 saturated carbocycles. The van der Waals surface area contributed by atoms with E-state index in [0.29, 0.717) is 0 Å². The van der Waals surface area contributed by atoms with Gasteiger partial charge in [0, 0.05) is 6.92 Å². The fraction of sp³-hybridized carbons (Fsp3) is 0.308. The lowest BCUT2D eigenvalue weighted by Gasteiger charge is -2.12. The summed E-state index contributed by atoms with van der Waals surface area (Å²) in [4.78, 5) is 37.8. The number of hydroxylamine groups is 1. The summed E-state index contributed by atoms with van der Waals surface area (Å²) < 4.78 is 4.93. The van der Waals surface area contributed by atoms with Crippen molar-refractivity contribution in [1.82, 2.24) is 10.8 Å². The Labute approximate surface area is 116 Å². The molecule has 2 amide bonds. The van der Waals surface area contributed by atoms with Crippen LogP contribution in [0.2, 0.25) is 0 Å². The van der Waals surface area contributed by atoms with Crippen molar-refractivity contribution in [2.24, 2.45) is 0 Å². The van der Waals surface area contributed by atoms with Crippen molar-refractivity contribution in [2.75, 3.05) is 0 Å². The first-order valence-corrected chi connectivity index (χ1v) is 5.93. The van der Waals surface area contributed by atoms with Crippen molar-refractivity contribution >= 4 is 18.0 Å². The quantitative estimate of drug-likeness (QED) is 0.799. The Morgan fingerprint density at radius 1 is 1.20 bits per heavy atom. The molecule has 7 nitrogen and oxygen atoms in total. The van der Waals surface area contributed by atoms with Crippen LogP contribution in [0.4, 0.5) is 4.79 Å². The van der Waals surface area contributed by atoms with Crippen molar-refractivity contribution in [3.8, 4) is 0 Å². The lowest BCUT2D eigenvalue weighted by molar-refractivity contribution is -0.159. The molecular weight excluding hydrogens is 264 g/mol. The number of alkyl carbamates (subject to hydrolysis) is 1. The van der Waals surface area contributed by atoms with Crippen LogP contribution in [0.5, 0.6) is 0 Å². The smallest absolute Gasteiger partial charge is 0.408 e. The van der Waals surface area contributed by atoms with Gasteiger partial charge in [0.05, 0.1) is 0 Å². The van der Waals surface area contributed by atoms with Crippen LogP contribution >= 0.6 is 0 Å². The van der Waals surface area contributed by atoms with Gasteiger partial charge in [-0.1, -0.05) is 30.3 Å². The van der Waals surface area contributed by atoms with Crippen molar-refractivity contribution in [1.29, 1.82) is 0 Å². The number of ether oxygens (including phenoxy) is 1. The zero-order valence-corrected chi connectivity index (χ0v) is 11.2. The molecule has 1 aromatic rings. The molecule has 0 bridgehead atoms. The molecule has 0 radical (unpaired) electrons. The minimum atomic E-state index is -0.940. The molecule has 1 aromatic carbocycles. The Hall–Kier alpha value is -2.57. The highest BCUT2D eigenvalue weighted by Gasteiger charge is 2.18. The fourth-order valence-electron chi connectivity index (χ4n) is 1.21. The SMILES string of the molecule is CC(=O)NOC(=O)C(C)NC(=O)OCc1ccccc1. The highest BCUT2D eigenvalue weighted by molar-refractivity contribution is 5.82. The Morgan fingerprint density at radius 2 is 1.85 bits per heavy atom. The maximum Gasteiger partial charge on any atom is 0.408 e. The van der Waals surface area contributed by atoms with E-state index in [1.807, 2.05) is 35.8 Å². The van der Waals surface area contributed by atoms with Gasteiger partial charge in [-0.15, -0.1) is 0 Å². The fourth-order valence-corrected chi connectivity index (χ4v) is 1.21. The van der Waals surface area contributed by atoms with Crippen LogP contribution in [-0.4, -0.2) is 24.0 Å². The summed E-state index contributed by atoms with van der Waals surface area (Å²) in [7, 11) is 0. The van der Waals surface area contributed by atoms with E-state index < -0.39 is 24.0 Å². The normalized spacial score (nSPS) is 11.1. The average Bonchev–Trinajstić information content (AvgIpc) is 2.43. The standard InChI is InChI=1S/C13H16N2O5/c1-9(12(17)20-15-10(2)16)14-13(18)19-8-11-6-4-3-5-7-11/h3-7,9H,8H2,1-2H3,(H,14,18)(H,15,16). The van der Waals surface area contributed by atoms with Gasteiger partial charge in [0.25, 0.3) is 0 Å². The molecule has 0 aromatic heterocycles. The second-order valence-corrected chi connectivity index (χ2v) is 4.01. The molecule has 0 aliphatic carbocycles. The van der Waals surface area contributed by atoms with E-state index in [1.54, 1.807) is 0 Å². The van der Waals surface area contributed by atoms with E-state index in [4.69, 9.17) is 4.74 Å². The second-order valence-electron chi connectivity index (χ2n) is 4.01.